The molecule has 0 atom stereocenters. The molecule has 10 aromatic rings. The molecule has 0 saturated heterocycles. The molecule has 0 N–H and O–H groups in total. The number of aromatic nitrogens is 1. The van der Waals surface area contributed by atoms with Crippen LogP contribution in [0.4, 0.5) is 17.1 Å². The van der Waals surface area contributed by atoms with Gasteiger partial charge < -0.3 is 9.47 Å². The first-order chi connectivity index (χ1) is 28.2. The molecule has 1 aliphatic rings. The van der Waals surface area contributed by atoms with Crippen LogP contribution >= 0.6 is 11.3 Å². The van der Waals surface area contributed by atoms with Crippen molar-refractivity contribution in [1.29, 1.82) is 0 Å². The lowest BCUT2D eigenvalue weighted by Gasteiger charge is -2.39. The fraction of sp³-hybridized carbons (Fsp3) is 0.111. The number of nitrogens with zero attached hydrogens (tertiary/aromatic N) is 2. The maximum Gasteiger partial charge on any atom is 0.0547 e. The highest BCUT2D eigenvalue weighted by Crippen LogP contribution is 2.47. The summed E-state index contributed by atoms with van der Waals surface area (Å²) in [7, 11) is 0. The van der Waals surface area contributed by atoms with Gasteiger partial charge in [-0.15, -0.1) is 11.3 Å². The fourth-order valence-electron chi connectivity index (χ4n) is 9.69. The van der Waals surface area contributed by atoms with E-state index in [2.05, 4.69) is 204 Å². The molecule has 57 heavy (non-hydrogen) atoms. The van der Waals surface area contributed by atoms with E-state index < -0.39 is 0 Å². The van der Waals surface area contributed by atoms with Crippen LogP contribution in [0.2, 0.25) is 0 Å². The summed E-state index contributed by atoms with van der Waals surface area (Å²) < 4.78 is 5.04. The maximum absolute atomic E-state index is 2.44. The Kier molecular flexibility index (Phi) is 8.29. The van der Waals surface area contributed by atoms with Crippen LogP contribution in [-0.2, 0) is 5.41 Å². The number of anilines is 3. The Morgan fingerprint density at radius 1 is 0.404 bits per heavy atom. The second kappa shape index (κ2) is 14.0. The lowest BCUT2D eigenvalue weighted by atomic mass is 9.65. The quantitative estimate of drug-likeness (QED) is 0.157. The molecule has 1 saturated carbocycles. The van der Waals surface area contributed by atoms with Gasteiger partial charge in [0.1, 0.15) is 0 Å². The Labute approximate surface area is 337 Å². The molecule has 0 unspecified atom stereocenters. The summed E-state index contributed by atoms with van der Waals surface area (Å²) >= 11 is 1.87. The zero-order chi connectivity index (χ0) is 37.8. The van der Waals surface area contributed by atoms with E-state index in [1.165, 1.54) is 108 Å². The lowest BCUT2D eigenvalue weighted by Crippen LogP contribution is -2.30. The minimum atomic E-state index is 0.0618. The van der Waals surface area contributed by atoms with E-state index in [0.29, 0.717) is 0 Å². The minimum Gasteiger partial charge on any atom is -0.310 e. The highest BCUT2D eigenvalue weighted by atomic mass is 32.1. The zero-order valence-corrected chi connectivity index (χ0v) is 32.6. The van der Waals surface area contributed by atoms with Crippen molar-refractivity contribution < 1.29 is 0 Å². The van der Waals surface area contributed by atoms with Crippen molar-refractivity contribution in [3.8, 4) is 16.8 Å². The van der Waals surface area contributed by atoms with Gasteiger partial charge in [-0.2, -0.15) is 0 Å². The molecule has 0 amide bonds. The van der Waals surface area contributed by atoms with Crippen LogP contribution in [0, 0.1) is 0 Å². The van der Waals surface area contributed by atoms with Crippen molar-refractivity contribution in [2.24, 2.45) is 0 Å². The summed E-state index contributed by atoms with van der Waals surface area (Å²) in [6.45, 7) is 0. The standard InChI is InChI=1S/C54H42N2S/c1-4-14-40(15-5-1)54(34-12-3-13-35-54)41-25-29-44(30-26-41)55(45-31-33-53-49(37-45)48-19-9-11-21-52(48)57-53)43-27-22-38(23-28-43)39-24-32-47-46-18-8-10-20-50(46)56(51(47)36-39)42-16-6-2-7-17-42/h1-2,4-11,14-33,36-37H,3,12-13,34-35H2. The Bertz CT molecular complexity index is 3020. The van der Waals surface area contributed by atoms with Crippen LogP contribution in [0.25, 0.3) is 58.8 Å². The Morgan fingerprint density at radius 2 is 0.982 bits per heavy atom. The van der Waals surface area contributed by atoms with Crippen LogP contribution in [0.3, 0.4) is 0 Å². The van der Waals surface area contributed by atoms with Gasteiger partial charge in [0, 0.05) is 59.1 Å². The van der Waals surface area contributed by atoms with E-state index in [-0.39, 0.29) is 5.41 Å². The molecular formula is C54H42N2S. The summed E-state index contributed by atoms with van der Waals surface area (Å²) in [6, 6.07) is 72.1. The van der Waals surface area contributed by atoms with Gasteiger partial charge in [-0.3, -0.25) is 0 Å². The third kappa shape index (κ3) is 5.76. The predicted molar refractivity (Wildman–Crippen MR) is 244 cm³/mol. The van der Waals surface area contributed by atoms with Gasteiger partial charge in [0.2, 0.25) is 0 Å². The van der Waals surface area contributed by atoms with E-state index in [9.17, 15) is 0 Å². The van der Waals surface area contributed by atoms with E-state index in [0.717, 1.165) is 11.4 Å². The van der Waals surface area contributed by atoms with Gasteiger partial charge in [-0.25, -0.2) is 0 Å². The first-order valence-electron chi connectivity index (χ1n) is 20.3. The van der Waals surface area contributed by atoms with Crippen molar-refractivity contribution in [1.82, 2.24) is 4.57 Å². The molecule has 0 spiro atoms. The Balaban J connectivity index is 1.02. The normalized spacial score (nSPS) is 14.1. The van der Waals surface area contributed by atoms with Gasteiger partial charge in [-0.05, 0) is 108 Å². The van der Waals surface area contributed by atoms with Gasteiger partial charge in [0.15, 0.2) is 0 Å². The van der Waals surface area contributed by atoms with Crippen LogP contribution in [-0.4, -0.2) is 4.57 Å². The van der Waals surface area contributed by atoms with Crippen LogP contribution < -0.4 is 4.90 Å². The molecule has 8 aromatic carbocycles. The van der Waals surface area contributed by atoms with E-state index in [1.807, 2.05) is 11.3 Å². The summed E-state index contributed by atoms with van der Waals surface area (Å²) in [4.78, 5) is 2.44. The average Bonchev–Trinajstić information content (AvgIpc) is 3.83. The number of hydrogen-bond donors (Lipinski definition) is 0. The van der Waals surface area contributed by atoms with Gasteiger partial charge in [-0.1, -0.05) is 141 Å². The lowest BCUT2D eigenvalue weighted by molar-refractivity contribution is 0.346. The molecule has 0 aliphatic heterocycles. The van der Waals surface area contributed by atoms with Gasteiger partial charge in [0.05, 0.1) is 11.0 Å². The second-order valence-corrected chi connectivity index (χ2v) is 16.7. The van der Waals surface area contributed by atoms with Crippen LogP contribution in [0.15, 0.2) is 194 Å². The van der Waals surface area contributed by atoms with Crippen LogP contribution in [0.5, 0.6) is 0 Å². The number of benzene rings is 8. The summed E-state index contributed by atoms with van der Waals surface area (Å²) in [5.41, 5.74) is 12.4. The van der Waals surface area contributed by atoms with Crippen molar-refractivity contribution in [3.05, 3.63) is 205 Å². The molecule has 0 bridgehead atoms. The monoisotopic (exact) mass is 750 g/mol. The first kappa shape index (κ1) is 33.9. The highest BCUT2D eigenvalue weighted by Gasteiger charge is 2.35. The molecule has 1 fully saturated rings. The molecule has 1 aliphatic carbocycles. The highest BCUT2D eigenvalue weighted by molar-refractivity contribution is 7.25. The van der Waals surface area contributed by atoms with E-state index in [4.69, 9.17) is 0 Å². The molecule has 11 rings (SSSR count). The van der Waals surface area contributed by atoms with Crippen molar-refractivity contribution >= 4 is 70.4 Å². The third-order valence-electron chi connectivity index (χ3n) is 12.5. The third-order valence-corrected chi connectivity index (χ3v) is 13.6. The molecule has 2 aromatic heterocycles. The van der Waals surface area contributed by atoms with Gasteiger partial charge in [0.25, 0.3) is 0 Å². The number of thiophene rings is 1. The van der Waals surface area contributed by atoms with Gasteiger partial charge >= 0.3 is 0 Å². The molecule has 274 valence electrons. The fourth-order valence-corrected chi connectivity index (χ4v) is 10.8. The van der Waals surface area contributed by atoms with Crippen molar-refractivity contribution in [2.45, 2.75) is 37.5 Å². The summed E-state index contributed by atoms with van der Waals surface area (Å²) in [5.74, 6) is 0. The smallest absolute Gasteiger partial charge is 0.0547 e. The maximum atomic E-state index is 2.44. The molecule has 2 heterocycles. The Hall–Kier alpha value is -6.42. The number of para-hydroxylation sites is 2. The molecule has 3 heteroatoms. The number of rotatable bonds is 7. The number of fused-ring (bicyclic) bond motifs is 6. The Morgan fingerprint density at radius 3 is 1.75 bits per heavy atom. The van der Waals surface area contributed by atoms with Crippen molar-refractivity contribution in [3.63, 3.8) is 0 Å². The summed E-state index contributed by atoms with van der Waals surface area (Å²) in [6.07, 6.45) is 6.25. The topological polar surface area (TPSA) is 8.17 Å². The molecule has 2 nitrogen and oxygen atoms in total. The van der Waals surface area contributed by atoms with E-state index >= 15 is 0 Å². The zero-order valence-electron chi connectivity index (χ0n) is 31.8. The predicted octanol–water partition coefficient (Wildman–Crippen LogP) is 15.5. The first-order valence-corrected chi connectivity index (χ1v) is 21.1. The van der Waals surface area contributed by atoms with E-state index in [1.54, 1.807) is 0 Å². The van der Waals surface area contributed by atoms with Crippen LogP contribution in [0.1, 0.15) is 43.2 Å². The molecule has 0 radical (unpaired) electrons. The molecular weight excluding hydrogens is 709 g/mol. The second-order valence-electron chi connectivity index (χ2n) is 15.6. The number of hydrogen-bond acceptors (Lipinski definition) is 2. The SMILES string of the molecule is c1ccc(-n2c3ccccc3c3ccc(-c4ccc(N(c5ccc(C6(c7ccccc7)CCCCC6)cc5)c5ccc6sc7ccccc7c6c5)cc4)cc32)cc1. The summed E-state index contributed by atoms with van der Waals surface area (Å²) in [5, 5.41) is 5.16. The average molecular weight is 751 g/mol. The minimum absolute atomic E-state index is 0.0618. The van der Waals surface area contributed by atoms with Crippen molar-refractivity contribution in [2.75, 3.05) is 4.90 Å². The largest absolute Gasteiger partial charge is 0.310 e.